The van der Waals surface area contributed by atoms with Gasteiger partial charge in [0.15, 0.2) is 9.84 Å². The molecule has 0 aromatic rings. The van der Waals surface area contributed by atoms with E-state index < -0.39 is 9.84 Å². The number of aliphatic hydroxyl groups is 1. The Bertz CT molecular complexity index is 443. The first-order chi connectivity index (χ1) is 9.43. The van der Waals surface area contributed by atoms with E-state index in [1.54, 1.807) is 4.90 Å². The average Bonchev–Trinajstić information content (AvgIpc) is 2.76. The molecule has 1 aliphatic heterocycles. The summed E-state index contributed by atoms with van der Waals surface area (Å²) in [5.74, 6) is 0.102. The molecule has 0 spiro atoms. The SMILES string of the molecule is NC1CCC(C(=O)N(CCO)C2CCS(=O)(=O)C2)CC1. The lowest BCUT2D eigenvalue weighted by Gasteiger charge is -2.34. The quantitative estimate of drug-likeness (QED) is 0.730. The molecule has 20 heavy (non-hydrogen) atoms. The van der Waals surface area contributed by atoms with E-state index in [9.17, 15) is 13.2 Å². The minimum atomic E-state index is -3.03. The van der Waals surface area contributed by atoms with Crippen molar-refractivity contribution in [3.8, 4) is 0 Å². The second-order valence-electron chi connectivity index (χ2n) is 5.92. The van der Waals surface area contributed by atoms with Crippen LogP contribution >= 0.6 is 0 Å². The van der Waals surface area contributed by atoms with Crippen molar-refractivity contribution < 1.29 is 18.3 Å². The van der Waals surface area contributed by atoms with Gasteiger partial charge in [-0.15, -0.1) is 0 Å². The first-order valence-electron chi connectivity index (χ1n) is 7.30. The Labute approximate surface area is 120 Å². The van der Waals surface area contributed by atoms with Crippen LogP contribution in [0.4, 0.5) is 0 Å². The largest absolute Gasteiger partial charge is 0.395 e. The van der Waals surface area contributed by atoms with Crippen molar-refractivity contribution >= 4 is 15.7 Å². The number of sulfone groups is 1. The van der Waals surface area contributed by atoms with Crippen LogP contribution in [0.2, 0.25) is 0 Å². The minimum absolute atomic E-state index is 0.00644. The molecule has 1 heterocycles. The van der Waals surface area contributed by atoms with Crippen LogP contribution < -0.4 is 5.73 Å². The van der Waals surface area contributed by atoms with Crippen molar-refractivity contribution in [1.82, 2.24) is 4.90 Å². The first kappa shape index (κ1) is 15.7. The molecule has 1 unspecified atom stereocenters. The maximum atomic E-state index is 12.6. The highest BCUT2D eigenvalue weighted by Gasteiger charge is 2.37. The smallest absolute Gasteiger partial charge is 0.226 e. The van der Waals surface area contributed by atoms with Gasteiger partial charge < -0.3 is 15.7 Å². The number of rotatable bonds is 4. The van der Waals surface area contributed by atoms with Crippen LogP contribution in [0.1, 0.15) is 32.1 Å². The van der Waals surface area contributed by atoms with E-state index in [1.165, 1.54) is 0 Å². The van der Waals surface area contributed by atoms with Gasteiger partial charge in [0.2, 0.25) is 5.91 Å². The predicted molar refractivity (Wildman–Crippen MR) is 75.8 cm³/mol. The number of carbonyl (C=O) groups excluding carboxylic acids is 1. The zero-order chi connectivity index (χ0) is 14.8. The number of hydrogen-bond acceptors (Lipinski definition) is 5. The van der Waals surface area contributed by atoms with Crippen molar-refractivity contribution in [1.29, 1.82) is 0 Å². The Morgan fingerprint density at radius 1 is 1.20 bits per heavy atom. The van der Waals surface area contributed by atoms with E-state index >= 15 is 0 Å². The van der Waals surface area contributed by atoms with Gasteiger partial charge in [0.05, 0.1) is 18.1 Å². The number of nitrogens with zero attached hydrogens (tertiary/aromatic N) is 1. The third kappa shape index (κ3) is 3.71. The minimum Gasteiger partial charge on any atom is -0.395 e. The Balaban J connectivity index is 2.02. The van der Waals surface area contributed by atoms with E-state index in [4.69, 9.17) is 10.8 Å². The monoisotopic (exact) mass is 304 g/mol. The molecule has 0 aromatic heterocycles. The fraction of sp³-hybridized carbons (Fsp3) is 0.923. The summed E-state index contributed by atoms with van der Waals surface area (Å²) in [5.41, 5.74) is 5.85. The van der Waals surface area contributed by atoms with Gasteiger partial charge in [-0.05, 0) is 32.1 Å². The molecule has 1 atom stereocenters. The predicted octanol–water partition coefficient (Wildman–Crippen LogP) is -0.488. The summed E-state index contributed by atoms with van der Waals surface area (Å²) < 4.78 is 23.1. The molecule has 2 rings (SSSR count). The summed E-state index contributed by atoms with van der Waals surface area (Å²) in [7, 11) is -3.03. The van der Waals surface area contributed by atoms with Crippen molar-refractivity contribution in [2.24, 2.45) is 11.7 Å². The van der Waals surface area contributed by atoms with Crippen molar-refractivity contribution in [3.05, 3.63) is 0 Å². The highest BCUT2D eigenvalue weighted by Crippen LogP contribution is 2.27. The molecule has 2 aliphatic rings. The fourth-order valence-corrected chi connectivity index (χ4v) is 4.93. The Morgan fingerprint density at radius 2 is 1.85 bits per heavy atom. The van der Waals surface area contributed by atoms with Gasteiger partial charge in [0.1, 0.15) is 0 Å². The van der Waals surface area contributed by atoms with Crippen LogP contribution in [-0.4, -0.2) is 61.1 Å². The van der Waals surface area contributed by atoms with Gasteiger partial charge in [-0.2, -0.15) is 0 Å². The molecule has 1 saturated heterocycles. The summed E-state index contributed by atoms with van der Waals surface area (Å²) >= 11 is 0. The van der Waals surface area contributed by atoms with E-state index in [2.05, 4.69) is 0 Å². The van der Waals surface area contributed by atoms with Gasteiger partial charge in [0, 0.05) is 24.5 Å². The fourth-order valence-electron chi connectivity index (χ4n) is 3.20. The molecule has 7 heteroatoms. The Hall–Kier alpha value is -0.660. The Kier molecular flexibility index (Phi) is 5.04. The lowest BCUT2D eigenvalue weighted by atomic mass is 9.85. The first-order valence-corrected chi connectivity index (χ1v) is 9.12. The molecule has 0 radical (unpaired) electrons. The molecule has 1 aliphatic carbocycles. The average molecular weight is 304 g/mol. The number of aliphatic hydroxyl groups excluding tert-OH is 1. The summed E-state index contributed by atoms with van der Waals surface area (Å²) in [5, 5.41) is 9.15. The second-order valence-corrected chi connectivity index (χ2v) is 8.15. The summed E-state index contributed by atoms with van der Waals surface area (Å²) in [4.78, 5) is 14.2. The van der Waals surface area contributed by atoms with Gasteiger partial charge in [0.25, 0.3) is 0 Å². The van der Waals surface area contributed by atoms with Crippen molar-refractivity contribution in [2.45, 2.75) is 44.2 Å². The summed E-state index contributed by atoms with van der Waals surface area (Å²) in [6.45, 7) is 0.0933. The maximum absolute atomic E-state index is 12.6. The zero-order valence-electron chi connectivity index (χ0n) is 11.7. The number of amides is 1. The second kappa shape index (κ2) is 6.41. The van der Waals surface area contributed by atoms with Crippen LogP contribution in [0, 0.1) is 5.92 Å². The van der Waals surface area contributed by atoms with Crippen LogP contribution in [0.15, 0.2) is 0 Å². The standard InChI is InChI=1S/C13H24N2O4S/c14-11-3-1-10(2-4-11)13(17)15(6-7-16)12-5-8-20(18,19)9-12/h10-12,16H,1-9,14H2. The third-order valence-electron chi connectivity index (χ3n) is 4.39. The van der Waals surface area contributed by atoms with Crippen molar-refractivity contribution in [3.63, 3.8) is 0 Å². The number of nitrogens with two attached hydrogens (primary N) is 1. The van der Waals surface area contributed by atoms with Gasteiger partial charge in [-0.1, -0.05) is 0 Å². The maximum Gasteiger partial charge on any atom is 0.226 e. The van der Waals surface area contributed by atoms with Crippen molar-refractivity contribution in [2.75, 3.05) is 24.7 Å². The van der Waals surface area contributed by atoms with E-state index in [0.717, 1.165) is 25.7 Å². The topological polar surface area (TPSA) is 101 Å². The van der Waals surface area contributed by atoms with Gasteiger partial charge >= 0.3 is 0 Å². The molecular formula is C13H24N2O4S. The number of hydrogen-bond donors (Lipinski definition) is 2. The molecule has 1 saturated carbocycles. The van der Waals surface area contributed by atoms with Crippen LogP contribution in [0.3, 0.4) is 0 Å². The van der Waals surface area contributed by atoms with Crippen LogP contribution in [-0.2, 0) is 14.6 Å². The van der Waals surface area contributed by atoms with Gasteiger partial charge in [-0.3, -0.25) is 4.79 Å². The molecule has 116 valence electrons. The lowest BCUT2D eigenvalue weighted by Crippen LogP contribution is -2.47. The Morgan fingerprint density at radius 3 is 2.35 bits per heavy atom. The molecule has 0 aromatic carbocycles. The highest BCUT2D eigenvalue weighted by molar-refractivity contribution is 7.91. The number of carbonyl (C=O) groups is 1. The molecular weight excluding hydrogens is 280 g/mol. The van der Waals surface area contributed by atoms with Crippen LogP contribution in [0.25, 0.3) is 0 Å². The molecule has 0 bridgehead atoms. The van der Waals surface area contributed by atoms with E-state index in [0.29, 0.717) is 6.42 Å². The van der Waals surface area contributed by atoms with E-state index in [-0.39, 0.29) is 48.6 Å². The van der Waals surface area contributed by atoms with Gasteiger partial charge in [-0.25, -0.2) is 8.42 Å². The van der Waals surface area contributed by atoms with Crippen LogP contribution in [0.5, 0.6) is 0 Å². The summed E-state index contributed by atoms with van der Waals surface area (Å²) in [6.07, 6.45) is 3.70. The zero-order valence-corrected chi connectivity index (χ0v) is 12.5. The lowest BCUT2D eigenvalue weighted by molar-refractivity contribution is -0.139. The molecule has 2 fully saturated rings. The summed E-state index contributed by atoms with van der Waals surface area (Å²) in [6, 6.07) is -0.0903. The molecule has 1 amide bonds. The molecule has 3 N–H and O–H groups in total. The third-order valence-corrected chi connectivity index (χ3v) is 6.14. The normalized spacial score (nSPS) is 33.0. The molecule has 6 nitrogen and oxygen atoms in total. The highest BCUT2D eigenvalue weighted by atomic mass is 32.2. The van der Waals surface area contributed by atoms with E-state index in [1.807, 2.05) is 0 Å².